The van der Waals surface area contributed by atoms with Gasteiger partial charge in [0.2, 0.25) is 0 Å². The maximum absolute atomic E-state index is 10.3. The predicted molar refractivity (Wildman–Crippen MR) is 55.3 cm³/mol. The van der Waals surface area contributed by atoms with Crippen LogP contribution in [0, 0.1) is 5.92 Å². The number of carbonyl (C=O) groups is 1. The van der Waals surface area contributed by atoms with Crippen molar-refractivity contribution in [2.75, 3.05) is 26.2 Å². The highest BCUT2D eigenvalue weighted by atomic mass is 16.4. The van der Waals surface area contributed by atoms with Crippen LogP contribution in [0.2, 0.25) is 0 Å². The number of nitrogens with zero attached hydrogens (tertiary/aromatic N) is 1. The molecule has 0 spiro atoms. The van der Waals surface area contributed by atoms with Crippen molar-refractivity contribution in [3.05, 3.63) is 0 Å². The summed E-state index contributed by atoms with van der Waals surface area (Å²) in [5, 5.41) is 11.6. The summed E-state index contributed by atoms with van der Waals surface area (Å²) in [6.45, 7) is 7.70. The Morgan fingerprint density at radius 2 is 2.36 bits per heavy atom. The van der Waals surface area contributed by atoms with Crippen molar-refractivity contribution in [3.63, 3.8) is 0 Å². The third-order valence-corrected chi connectivity index (χ3v) is 2.44. The van der Waals surface area contributed by atoms with Gasteiger partial charge < -0.3 is 15.3 Å². The molecule has 0 aliphatic carbocycles. The highest BCUT2D eigenvalue weighted by Gasteiger charge is 2.22. The molecule has 82 valence electrons. The number of nitrogens with one attached hydrogen (secondary N) is 1. The lowest BCUT2D eigenvalue weighted by atomic mass is 10.2. The van der Waals surface area contributed by atoms with E-state index in [0.29, 0.717) is 12.0 Å². The van der Waals surface area contributed by atoms with Crippen LogP contribution in [-0.4, -0.2) is 48.2 Å². The molecule has 2 N–H and O–H groups in total. The van der Waals surface area contributed by atoms with Gasteiger partial charge in [-0.25, -0.2) is 0 Å². The Hall–Kier alpha value is -0.610. The lowest BCUT2D eigenvalue weighted by Gasteiger charge is -2.18. The first kappa shape index (κ1) is 11.5. The Balaban J connectivity index is 2.17. The van der Waals surface area contributed by atoms with Gasteiger partial charge in [0.05, 0.1) is 6.54 Å². The van der Waals surface area contributed by atoms with Crippen LogP contribution < -0.4 is 5.32 Å². The molecule has 0 aromatic carbocycles. The summed E-state index contributed by atoms with van der Waals surface area (Å²) in [5.41, 5.74) is 0. The van der Waals surface area contributed by atoms with Crippen LogP contribution in [0.4, 0.5) is 0 Å². The molecule has 1 fully saturated rings. The van der Waals surface area contributed by atoms with Crippen molar-refractivity contribution in [3.8, 4) is 0 Å². The fourth-order valence-corrected chi connectivity index (χ4v) is 1.91. The minimum atomic E-state index is -0.771. The zero-order chi connectivity index (χ0) is 10.6. The van der Waals surface area contributed by atoms with Gasteiger partial charge in [-0.1, -0.05) is 13.8 Å². The van der Waals surface area contributed by atoms with Gasteiger partial charge in [-0.05, 0) is 18.9 Å². The normalized spacial score (nSPS) is 23.2. The maximum atomic E-state index is 10.3. The Morgan fingerprint density at radius 1 is 1.64 bits per heavy atom. The molecular formula is C10H20N2O2. The quantitative estimate of drug-likeness (QED) is 0.674. The summed E-state index contributed by atoms with van der Waals surface area (Å²) in [5.74, 6) is -0.0828. The van der Waals surface area contributed by atoms with E-state index in [2.05, 4.69) is 24.1 Å². The number of hydrogen-bond acceptors (Lipinski definition) is 3. The fourth-order valence-electron chi connectivity index (χ4n) is 1.91. The Morgan fingerprint density at radius 3 is 2.93 bits per heavy atom. The van der Waals surface area contributed by atoms with Gasteiger partial charge in [0.25, 0.3) is 0 Å². The van der Waals surface area contributed by atoms with E-state index >= 15 is 0 Å². The van der Waals surface area contributed by atoms with Gasteiger partial charge in [-0.15, -0.1) is 0 Å². The van der Waals surface area contributed by atoms with E-state index in [0.717, 1.165) is 26.1 Å². The summed E-state index contributed by atoms with van der Waals surface area (Å²) in [7, 11) is 0. The highest BCUT2D eigenvalue weighted by molar-refractivity contribution is 5.69. The molecule has 1 unspecified atom stereocenters. The lowest BCUT2D eigenvalue weighted by Crippen LogP contribution is -2.36. The average Bonchev–Trinajstić information content (AvgIpc) is 2.47. The summed E-state index contributed by atoms with van der Waals surface area (Å²) < 4.78 is 0. The Labute approximate surface area is 85.3 Å². The van der Waals surface area contributed by atoms with Gasteiger partial charge in [0.1, 0.15) is 0 Å². The van der Waals surface area contributed by atoms with Crippen LogP contribution in [0.5, 0.6) is 0 Å². The SMILES string of the molecule is CC(C)CN1CCC(NCC(=O)O)C1. The molecule has 4 nitrogen and oxygen atoms in total. The topological polar surface area (TPSA) is 52.6 Å². The number of rotatable bonds is 5. The molecule has 1 saturated heterocycles. The molecule has 0 bridgehead atoms. The van der Waals surface area contributed by atoms with E-state index < -0.39 is 5.97 Å². The first-order chi connectivity index (χ1) is 6.58. The van der Waals surface area contributed by atoms with Gasteiger partial charge in [-0.3, -0.25) is 4.79 Å². The molecular weight excluding hydrogens is 180 g/mol. The number of aliphatic carboxylic acids is 1. The van der Waals surface area contributed by atoms with Crippen molar-refractivity contribution in [1.82, 2.24) is 10.2 Å². The molecule has 1 aliphatic rings. The first-order valence-corrected chi connectivity index (χ1v) is 5.25. The Kier molecular flexibility index (Phi) is 4.35. The number of carboxylic acid groups (broad SMARTS) is 1. The fraction of sp³-hybridized carbons (Fsp3) is 0.900. The molecule has 0 radical (unpaired) electrons. The molecule has 1 heterocycles. The minimum absolute atomic E-state index is 0.0835. The van der Waals surface area contributed by atoms with Crippen molar-refractivity contribution >= 4 is 5.97 Å². The summed E-state index contributed by atoms with van der Waals surface area (Å²) >= 11 is 0. The van der Waals surface area contributed by atoms with E-state index in [9.17, 15) is 4.79 Å². The van der Waals surface area contributed by atoms with Gasteiger partial charge in [0.15, 0.2) is 0 Å². The van der Waals surface area contributed by atoms with Crippen LogP contribution in [0.15, 0.2) is 0 Å². The molecule has 1 rings (SSSR count). The molecule has 1 aliphatic heterocycles. The zero-order valence-electron chi connectivity index (χ0n) is 8.99. The molecule has 14 heavy (non-hydrogen) atoms. The summed E-state index contributed by atoms with van der Waals surface area (Å²) in [6.07, 6.45) is 1.07. The van der Waals surface area contributed by atoms with Gasteiger partial charge >= 0.3 is 5.97 Å². The van der Waals surface area contributed by atoms with Crippen LogP contribution in [-0.2, 0) is 4.79 Å². The van der Waals surface area contributed by atoms with Gasteiger partial charge in [0, 0.05) is 19.1 Å². The largest absolute Gasteiger partial charge is 0.480 e. The molecule has 4 heteroatoms. The standard InChI is InChI=1S/C10H20N2O2/c1-8(2)6-12-4-3-9(7-12)11-5-10(13)14/h8-9,11H,3-7H2,1-2H3,(H,13,14). The van der Waals surface area contributed by atoms with Gasteiger partial charge in [-0.2, -0.15) is 0 Å². The van der Waals surface area contributed by atoms with Crippen LogP contribution in [0.1, 0.15) is 20.3 Å². The smallest absolute Gasteiger partial charge is 0.317 e. The molecule has 0 aromatic rings. The maximum Gasteiger partial charge on any atom is 0.317 e. The van der Waals surface area contributed by atoms with E-state index in [1.54, 1.807) is 0 Å². The third-order valence-electron chi connectivity index (χ3n) is 2.44. The highest BCUT2D eigenvalue weighted by Crippen LogP contribution is 2.10. The number of hydrogen-bond donors (Lipinski definition) is 2. The molecule has 0 amide bonds. The Bertz CT molecular complexity index is 195. The molecule has 0 aromatic heterocycles. The number of carboxylic acids is 1. The molecule has 0 saturated carbocycles. The monoisotopic (exact) mass is 200 g/mol. The summed E-state index contributed by atoms with van der Waals surface area (Å²) in [4.78, 5) is 12.7. The lowest BCUT2D eigenvalue weighted by molar-refractivity contribution is -0.136. The van der Waals surface area contributed by atoms with E-state index in [4.69, 9.17) is 5.11 Å². The second-order valence-electron chi connectivity index (χ2n) is 4.41. The van der Waals surface area contributed by atoms with Crippen molar-refractivity contribution in [1.29, 1.82) is 0 Å². The molecule has 1 atom stereocenters. The van der Waals surface area contributed by atoms with Crippen molar-refractivity contribution in [2.45, 2.75) is 26.3 Å². The minimum Gasteiger partial charge on any atom is -0.480 e. The number of likely N-dealkylation sites (tertiary alicyclic amines) is 1. The second kappa shape index (κ2) is 5.32. The first-order valence-electron chi connectivity index (χ1n) is 5.25. The van der Waals surface area contributed by atoms with Crippen LogP contribution >= 0.6 is 0 Å². The third kappa shape index (κ3) is 4.07. The van der Waals surface area contributed by atoms with Crippen LogP contribution in [0.25, 0.3) is 0 Å². The van der Waals surface area contributed by atoms with E-state index in [1.807, 2.05) is 0 Å². The van der Waals surface area contributed by atoms with E-state index in [-0.39, 0.29) is 6.54 Å². The zero-order valence-corrected chi connectivity index (χ0v) is 8.99. The van der Waals surface area contributed by atoms with E-state index in [1.165, 1.54) is 0 Å². The van der Waals surface area contributed by atoms with Crippen molar-refractivity contribution in [2.24, 2.45) is 5.92 Å². The average molecular weight is 200 g/mol. The second-order valence-corrected chi connectivity index (χ2v) is 4.41. The predicted octanol–water partition coefficient (Wildman–Crippen LogP) is 0.391. The van der Waals surface area contributed by atoms with Crippen molar-refractivity contribution < 1.29 is 9.90 Å². The van der Waals surface area contributed by atoms with Crippen LogP contribution in [0.3, 0.4) is 0 Å². The summed E-state index contributed by atoms with van der Waals surface area (Å²) in [6, 6.07) is 0.366.